The van der Waals surface area contributed by atoms with E-state index < -0.39 is 0 Å². The van der Waals surface area contributed by atoms with Crippen LogP contribution in [0.4, 0.5) is 0 Å². The molecule has 0 bridgehead atoms. The van der Waals surface area contributed by atoms with Gasteiger partial charge in [0, 0.05) is 18.9 Å². The molecular weight excluding hydrogens is 174 g/mol. The number of ketones is 1. The summed E-state index contributed by atoms with van der Waals surface area (Å²) in [4.78, 5) is 11.8. The van der Waals surface area contributed by atoms with Gasteiger partial charge in [-0.3, -0.25) is 4.79 Å². The van der Waals surface area contributed by atoms with Crippen LogP contribution in [-0.4, -0.2) is 19.4 Å². The fourth-order valence-corrected chi connectivity index (χ4v) is 2.41. The third-order valence-electron chi connectivity index (χ3n) is 3.44. The molecule has 0 aromatic carbocycles. The lowest BCUT2D eigenvalue weighted by molar-refractivity contribution is -0.124. The van der Waals surface area contributed by atoms with Crippen LogP contribution >= 0.6 is 0 Å². The largest absolute Gasteiger partial charge is 0.319 e. The van der Waals surface area contributed by atoms with E-state index in [-0.39, 0.29) is 0 Å². The number of hydrogen-bond acceptors (Lipinski definition) is 2. The molecule has 1 aliphatic carbocycles. The second-order valence-corrected chi connectivity index (χ2v) is 4.46. The maximum Gasteiger partial charge on any atom is 0.137 e. The first-order valence-corrected chi connectivity index (χ1v) is 5.95. The fourth-order valence-electron chi connectivity index (χ4n) is 2.41. The zero-order valence-corrected chi connectivity index (χ0v) is 9.51. The van der Waals surface area contributed by atoms with Gasteiger partial charge in [-0.1, -0.05) is 26.2 Å². The molecule has 2 unspecified atom stereocenters. The van der Waals surface area contributed by atoms with Crippen LogP contribution in [0.1, 0.15) is 45.4 Å². The highest BCUT2D eigenvalue weighted by atomic mass is 16.1. The Kier molecular flexibility index (Phi) is 5.16. The molecule has 0 aliphatic heterocycles. The molecule has 1 fully saturated rings. The summed E-state index contributed by atoms with van der Waals surface area (Å²) in [6, 6.07) is 0. The average molecular weight is 197 g/mol. The summed E-state index contributed by atoms with van der Waals surface area (Å²) in [6.07, 6.45) is 6.85. The van der Waals surface area contributed by atoms with E-state index >= 15 is 0 Å². The second-order valence-electron chi connectivity index (χ2n) is 4.46. The van der Waals surface area contributed by atoms with Gasteiger partial charge in [0.15, 0.2) is 0 Å². The lowest BCUT2D eigenvalue weighted by Crippen LogP contribution is -2.25. The van der Waals surface area contributed by atoms with Crippen molar-refractivity contribution in [3.8, 4) is 0 Å². The maximum atomic E-state index is 11.8. The van der Waals surface area contributed by atoms with Crippen LogP contribution in [-0.2, 0) is 4.79 Å². The minimum absolute atomic E-state index is 0.377. The first kappa shape index (κ1) is 11.7. The Hall–Kier alpha value is -0.370. The van der Waals surface area contributed by atoms with Crippen LogP contribution < -0.4 is 5.32 Å². The molecule has 82 valence electrons. The van der Waals surface area contributed by atoms with Gasteiger partial charge < -0.3 is 5.32 Å². The molecule has 0 radical (unpaired) electrons. The van der Waals surface area contributed by atoms with Crippen molar-refractivity contribution >= 4 is 5.78 Å². The Morgan fingerprint density at radius 3 is 2.86 bits per heavy atom. The molecule has 1 aliphatic rings. The minimum atomic E-state index is 0.377. The van der Waals surface area contributed by atoms with E-state index in [4.69, 9.17) is 0 Å². The molecule has 0 spiro atoms. The van der Waals surface area contributed by atoms with Gasteiger partial charge in [-0.2, -0.15) is 0 Å². The zero-order valence-electron chi connectivity index (χ0n) is 9.51. The Labute approximate surface area is 87.5 Å². The Bertz CT molecular complexity index is 179. The third-order valence-corrected chi connectivity index (χ3v) is 3.44. The normalized spacial score (nSPS) is 27.6. The van der Waals surface area contributed by atoms with E-state index in [0.717, 1.165) is 31.7 Å². The van der Waals surface area contributed by atoms with Crippen molar-refractivity contribution in [1.29, 1.82) is 0 Å². The van der Waals surface area contributed by atoms with E-state index in [9.17, 15) is 4.79 Å². The van der Waals surface area contributed by atoms with Crippen LogP contribution in [0.5, 0.6) is 0 Å². The Morgan fingerprint density at radius 1 is 1.43 bits per heavy atom. The SMILES string of the molecule is CCC1CCCC(C(=O)CCNC)C1. The minimum Gasteiger partial charge on any atom is -0.319 e. The number of nitrogens with one attached hydrogen (secondary N) is 1. The van der Waals surface area contributed by atoms with Gasteiger partial charge >= 0.3 is 0 Å². The fraction of sp³-hybridized carbons (Fsp3) is 0.917. The van der Waals surface area contributed by atoms with E-state index in [2.05, 4.69) is 12.2 Å². The highest BCUT2D eigenvalue weighted by molar-refractivity contribution is 5.81. The lowest BCUT2D eigenvalue weighted by atomic mass is 9.78. The van der Waals surface area contributed by atoms with Crippen molar-refractivity contribution in [2.45, 2.75) is 45.4 Å². The Morgan fingerprint density at radius 2 is 2.21 bits per heavy atom. The molecule has 1 N–H and O–H groups in total. The molecule has 0 heterocycles. The van der Waals surface area contributed by atoms with E-state index in [1.165, 1.54) is 19.3 Å². The monoisotopic (exact) mass is 197 g/mol. The summed E-state index contributed by atoms with van der Waals surface area (Å²) in [5.41, 5.74) is 0. The van der Waals surface area contributed by atoms with Gasteiger partial charge in [0.1, 0.15) is 5.78 Å². The van der Waals surface area contributed by atoms with Gasteiger partial charge in [0.25, 0.3) is 0 Å². The summed E-state index contributed by atoms with van der Waals surface area (Å²) in [7, 11) is 1.91. The van der Waals surface area contributed by atoms with E-state index in [1.807, 2.05) is 7.05 Å². The van der Waals surface area contributed by atoms with Crippen molar-refractivity contribution < 1.29 is 4.79 Å². The number of Topliss-reactive ketones (excluding diaryl/α,β-unsaturated/α-hetero) is 1. The van der Waals surface area contributed by atoms with Gasteiger partial charge in [0.2, 0.25) is 0 Å². The lowest BCUT2D eigenvalue weighted by Gasteiger charge is -2.27. The van der Waals surface area contributed by atoms with E-state index in [0.29, 0.717) is 11.7 Å². The van der Waals surface area contributed by atoms with Crippen LogP contribution in [0.2, 0.25) is 0 Å². The molecule has 0 amide bonds. The van der Waals surface area contributed by atoms with Crippen LogP contribution in [0.15, 0.2) is 0 Å². The first-order valence-electron chi connectivity index (χ1n) is 5.95. The van der Waals surface area contributed by atoms with Crippen molar-refractivity contribution in [3.63, 3.8) is 0 Å². The van der Waals surface area contributed by atoms with Crippen molar-refractivity contribution in [1.82, 2.24) is 5.32 Å². The summed E-state index contributed by atoms with van der Waals surface area (Å²) in [6.45, 7) is 3.08. The summed E-state index contributed by atoms with van der Waals surface area (Å²) < 4.78 is 0. The van der Waals surface area contributed by atoms with Crippen LogP contribution in [0, 0.1) is 11.8 Å². The highest BCUT2D eigenvalue weighted by Gasteiger charge is 2.25. The molecular formula is C12H23NO. The first-order chi connectivity index (χ1) is 6.77. The van der Waals surface area contributed by atoms with Gasteiger partial charge in [0.05, 0.1) is 0 Å². The predicted molar refractivity (Wildman–Crippen MR) is 59.3 cm³/mol. The predicted octanol–water partition coefficient (Wildman–Crippen LogP) is 2.38. The molecule has 0 aromatic heterocycles. The quantitative estimate of drug-likeness (QED) is 0.733. The van der Waals surface area contributed by atoms with E-state index in [1.54, 1.807) is 0 Å². The average Bonchev–Trinajstić information content (AvgIpc) is 2.26. The maximum absolute atomic E-state index is 11.8. The second kappa shape index (κ2) is 6.18. The van der Waals surface area contributed by atoms with Gasteiger partial charge in [-0.25, -0.2) is 0 Å². The molecule has 1 saturated carbocycles. The summed E-state index contributed by atoms with van der Waals surface area (Å²) in [5.74, 6) is 1.67. The van der Waals surface area contributed by atoms with Crippen LogP contribution in [0.25, 0.3) is 0 Å². The van der Waals surface area contributed by atoms with Crippen molar-refractivity contribution in [2.75, 3.05) is 13.6 Å². The number of hydrogen-bond donors (Lipinski definition) is 1. The highest BCUT2D eigenvalue weighted by Crippen LogP contribution is 2.31. The standard InChI is InChI=1S/C12H23NO/c1-3-10-5-4-6-11(9-10)12(14)7-8-13-2/h10-11,13H,3-9H2,1-2H3. The molecule has 2 atom stereocenters. The van der Waals surface area contributed by atoms with Crippen molar-refractivity contribution in [3.05, 3.63) is 0 Å². The Balaban J connectivity index is 2.31. The smallest absolute Gasteiger partial charge is 0.137 e. The third kappa shape index (κ3) is 3.41. The zero-order chi connectivity index (χ0) is 10.4. The number of carbonyl (C=O) groups is 1. The van der Waals surface area contributed by atoms with Gasteiger partial charge in [-0.15, -0.1) is 0 Å². The molecule has 1 rings (SSSR count). The molecule has 14 heavy (non-hydrogen) atoms. The molecule has 2 heteroatoms. The summed E-state index contributed by atoms with van der Waals surface area (Å²) in [5, 5.41) is 3.04. The topological polar surface area (TPSA) is 29.1 Å². The number of carbonyl (C=O) groups excluding carboxylic acids is 1. The van der Waals surface area contributed by atoms with Gasteiger partial charge in [-0.05, 0) is 25.8 Å². The molecule has 0 saturated heterocycles. The molecule has 0 aromatic rings. The summed E-state index contributed by atoms with van der Waals surface area (Å²) >= 11 is 0. The van der Waals surface area contributed by atoms with Crippen molar-refractivity contribution in [2.24, 2.45) is 11.8 Å². The molecule has 2 nitrogen and oxygen atoms in total. The number of rotatable bonds is 5. The van der Waals surface area contributed by atoms with Crippen LogP contribution in [0.3, 0.4) is 0 Å².